The summed E-state index contributed by atoms with van der Waals surface area (Å²) in [5.41, 5.74) is 6.58. The zero-order valence-corrected chi connectivity index (χ0v) is 10.2. The van der Waals surface area contributed by atoms with Crippen molar-refractivity contribution in [2.45, 2.75) is 12.8 Å². The number of halogens is 1. The molecular weight excluding hydrogens is 219 g/mol. The lowest BCUT2D eigenvalue weighted by molar-refractivity contribution is 0.385. The molecule has 4 heteroatoms. The third kappa shape index (κ3) is 2.69. The first kappa shape index (κ1) is 12.2. The van der Waals surface area contributed by atoms with Gasteiger partial charge in [-0.05, 0) is 37.4 Å². The molecule has 1 aliphatic heterocycles. The quantitative estimate of drug-likeness (QED) is 0.875. The first-order chi connectivity index (χ1) is 8.24. The normalized spacial score (nSPS) is 17.2. The minimum atomic E-state index is -0.300. The van der Waals surface area contributed by atoms with E-state index in [9.17, 15) is 4.39 Å². The van der Waals surface area contributed by atoms with Crippen LogP contribution in [0.25, 0.3) is 0 Å². The molecule has 1 fully saturated rings. The lowest BCUT2D eigenvalue weighted by atomic mass is 9.97. The van der Waals surface area contributed by atoms with E-state index >= 15 is 0 Å². The summed E-state index contributed by atoms with van der Waals surface area (Å²) < 4.78 is 18.5. The molecule has 0 radical (unpaired) electrons. The minimum absolute atomic E-state index is 0.297. The van der Waals surface area contributed by atoms with Gasteiger partial charge in [-0.1, -0.05) is 0 Å². The smallest absolute Gasteiger partial charge is 0.167 e. The molecular formula is C13H19FN2O. The van der Waals surface area contributed by atoms with Crippen LogP contribution in [0.3, 0.4) is 0 Å². The van der Waals surface area contributed by atoms with Crippen LogP contribution in [0.5, 0.6) is 5.75 Å². The highest BCUT2D eigenvalue weighted by molar-refractivity contribution is 5.50. The van der Waals surface area contributed by atoms with Gasteiger partial charge in [0.25, 0.3) is 0 Å². The molecule has 3 nitrogen and oxygen atoms in total. The van der Waals surface area contributed by atoms with Crippen LogP contribution >= 0.6 is 0 Å². The summed E-state index contributed by atoms with van der Waals surface area (Å²) in [7, 11) is 1.48. The van der Waals surface area contributed by atoms with Crippen LogP contribution in [0.4, 0.5) is 10.1 Å². The Morgan fingerprint density at radius 2 is 2.12 bits per heavy atom. The average molecular weight is 238 g/mol. The largest absolute Gasteiger partial charge is 0.494 e. The van der Waals surface area contributed by atoms with E-state index in [1.807, 2.05) is 6.07 Å². The average Bonchev–Trinajstić information content (AvgIpc) is 2.39. The second kappa shape index (κ2) is 5.36. The maximum atomic E-state index is 13.6. The van der Waals surface area contributed by atoms with E-state index < -0.39 is 0 Å². The Bertz CT molecular complexity index is 376. The van der Waals surface area contributed by atoms with Crippen molar-refractivity contribution in [3.8, 4) is 5.75 Å². The molecule has 0 aliphatic carbocycles. The van der Waals surface area contributed by atoms with E-state index in [1.54, 1.807) is 12.1 Å². The highest BCUT2D eigenvalue weighted by atomic mass is 19.1. The lowest BCUT2D eigenvalue weighted by Crippen LogP contribution is -2.36. The van der Waals surface area contributed by atoms with Crippen molar-refractivity contribution >= 4 is 5.69 Å². The van der Waals surface area contributed by atoms with E-state index in [-0.39, 0.29) is 5.82 Å². The molecule has 2 N–H and O–H groups in total. The van der Waals surface area contributed by atoms with Gasteiger partial charge in [0.1, 0.15) is 0 Å². The zero-order valence-electron chi connectivity index (χ0n) is 10.2. The maximum absolute atomic E-state index is 13.6. The Balaban J connectivity index is 2.06. The summed E-state index contributed by atoms with van der Waals surface area (Å²) in [6.45, 7) is 2.66. The van der Waals surface area contributed by atoms with Gasteiger partial charge in [-0.3, -0.25) is 0 Å². The van der Waals surface area contributed by atoms with Crippen molar-refractivity contribution in [2.24, 2.45) is 11.7 Å². The standard InChI is InChI=1S/C13H19FN2O/c1-17-13-3-2-11(8-12(13)14)16-6-4-10(9-15)5-7-16/h2-3,8,10H,4-7,9,15H2,1H3. The predicted molar refractivity (Wildman–Crippen MR) is 66.9 cm³/mol. The van der Waals surface area contributed by atoms with Gasteiger partial charge in [-0.25, -0.2) is 4.39 Å². The number of rotatable bonds is 3. The van der Waals surface area contributed by atoms with Gasteiger partial charge in [0.05, 0.1) is 7.11 Å². The molecule has 1 aliphatic rings. The molecule has 0 amide bonds. The van der Waals surface area contributed by atoms with E-state index in [0.717, 1.165) is 38.2 Å². The monoisotopic (exact) mass is 238 g/mol. The number of benzene rings is 1. The van der Waals surface area contributed by atoms with Crippen molar-refractivity contribution in [2.75, 3.05) is 31.6 Å². The number of hydrogen-bond donors (Lipinski definition) is 1. The molecule has 1 saturated heterocycles. The maximum Gasteiger partial charge on any atom is 0.167 e. The van der Waals surface area contributed by atoms with E-state index in [2.05, 4.69) is 4.90 Å². The molecule has 0 saturated carbocycles. The highest BCUT2D eigenvalue weighted by Crippen LogP contribution is 2.26. The van der Waals surface area contributed by atoms with Crippen LogP contribution in [0.2, 0.25) is 0 Å². The molecule has 0 aromatic heterocycles. The first-order valence-electron chi connectivity index (χ1n) is 6.03. The molecule has 2 rings (SSSR count). The number of hydrogen-bond acceptors (Lipinski definition) is 3. The topological polar surface area (TPSA) is 38.5 Å². The van der Waals surface area contributed by atoms with Crippen LogP contribution in [-0.4, -0.2) is 26.7 Å². The summed E-state index contributed by atoms with van der Waals surface area (Å²) in [4.78, 5) is 2.20. The van der Waals surface area contributed by atoms with Gasteiger partial charge in [0.2, 0.25) is 0 Å². The molecule has 1 heterocycles. The van der Waals surface area contributed by atoms with Crippen molar-refractivity contribution in [1.29, 1.82) is 0 Å². The van der Waals surface area contributed by atoms with Crippen LogP contribution < -0.4 is 15.4 Å². The van der Waals surface area contributed by atoms with Gasteiger partial charge in [0.15, 0.2) is 11.6 Å². The number of piperidine rings is 1. The molecule has 0 unspecified atom stereocenters. The van der Waals surface area contributed by atoms with E-state index in [1.165, 1.54) is 7.11 Å². The SMILES string of the molecule is COc1ccc(N2CCC(CN)CC2)cc1F. The Labute approximate surface area is 101 Å². The predicted octanol–water partition coefficient (Wildman–Crippen LogP) is 2.01. The van der Waals surface area contributed by atoms with Gasteiger partial charge in [-0.2, -0.15) is 0 Å². The fourth-order valence-corrected chi connectivity index (χ4v) is 2.28. The molecule has 1 aromatic rings. The van der Waals surface area contributed by atoms with Crippen molar-refractivity contribution in [3.63, 3.8) is 0 Å². The fourth-order valence-electron chi connectivity index (χ4n) is 2.28. The Hall–Kier alpha value is -1.29. The van der Waals surface area contributed by atoms with E-state index in [0.29, 0.717) is 11.7 Å². The first-order valence-corrected chi connectivity index (χ1v) is 6.03. The van der Waals surface area contributed by atoms with Gasteiger partial charge in [0, 0.05) is 24.8 Å². The number of ether oxygens (including phenoxy) is 1. The van der Waals surface area contributed by atoms with E-state index in [4.69, 9.17) is 10.5 Å². The van der Waals surface area contributed by atoms with Crippen molar-refractivity contribution in [1.82, 2.24) is 0 Å². The second-order valence-electron chi connectivity index (χ2n) is 4.48. The molecule has 0 bridgehead atoms. The summed E-state index contributed by atoms with van der Waals surface area (Å²) in [6, 6.07) is 5.13. The number of nitrogens with two attached hydrogens (primary N) is 1. The summed E-state index contributed by atoms with van der Waals surface area (Å²) >= 11 is 0. The Morgan fingerprint density at radius 1 is 1.41 bits per heavy atom. The molecule has 0 atom stereocenters. The van der Waals surface area contributed by atoms with Gasteiger partial charge < -0.3 is 15.4 Å². The van der Waals surface area contributed by atoms with Crippen molar-refractivity contribution in [3.05, 3.63) is 24.0 Å². The number of nitrogens with zero attached hydrogens (tertiary/aromatic N) is 1. The molecule has 1 aromatic carbocycles. The zero-order chi connectivity index (χ0) is 12.3. The van der Waals surface area contributed by atoms with Gasteiger partial charge in [-0.15, -0.1) is 0 Å². The van der Waals surface area contributed by atoms with Crippen LogP contribution in [-0.2, 0) is 0 Å². The molecule has 0 spiro atoms. The molecule has 17 heavy (non-hydrogen) atoms. The Morgan fingerprint density at radius 3 is 2.65 bits per heavy atom. The summed E-state index contributed by atoms with van der Waals surface area (Å²) in [6.07, 6.45) is 2.17. The minimum Gasteiger partial charge on any atom is -0.494 e. The molecule has 94 valence electrons. The lowest BCUT2D eigenvalue weighted by Gasteiger charge is -2.33. The summed E-state index contributed by atoms with van der Waals surface area (Å²) in [5, 5.41) is 0. The third-order valence-corrected chi connectivity index (χ3v) is 3.45. The number of methoxy groups -OCH3 is 1. The van der Waals surface area contributed by atoms with Crippen molar-refractivity contribution < 1.29 is 9.13 Å². The Kier molecular flexibility index (Phi) is 3.84. The number of anilines is 1. The third-order valence-electron chi connectivity index (χ3n) is 3.45. The van der Waals surface area contributed by atoms with Crippen LogP contribution in [0.15, 0.2) is 18.2 Å². The summed E-state index contributed by atoms with van der Waals surface area (Å²) in [5.74, 6) is 0.617. The van der Waals surface area contributed by atoms with Gasteiger partial charge >= 0.3 is 0 Å². The highest BCUT2D eigenvalue weighted by Gasteiger charge is 2.19. The second-order valence-corrected chi connectivity index (χ2v) is 4.48. The van der Waals surface area contributed by atoms with Crippen LogP contribution in [0, 0.1) is 11.7 Å². The fraction of sp³-hybridized carbons (Fsp3) is 0.538. The van der Waals surface area contributed by atoms with Crippen LogP contribution in [0.1, 0.15) is 12.8 Å².